The van der Waals surface area contributed by atoms with Gasteiger partial charge in [-0.3, -0.25) is 0 Å². The Labute approximate surface area is 212 Å². The zero-order valence-electron chi connectivity index (χ0n) is 19.3. The molecule has 0 radical (unpaired) electrons. The fourth-order valence-corrected chi connectivity index (χ4v) is 3.71. The number of benzene rings is 3. The summed E-state index contributed by atoms with van der Waals surface area (Å²) in [5.74, 6) is -0.603. The molecule has 3 aromatic carbocycles. The molecule has 2 atom stereocenters. The van der Waals surface area contributed by atoms with E-state index in [1.165, 1.54) is 5.56 Å². The van der Waals surface area contributed by atoms with E-state index in [2.05, 4.69) is 24.4 Å². The number of aliphatic hydroxyl groups is 1. The first kappa shape index (κ1) is 27.7. The second kappa shape index (κ2) is 13.4. The van der Waals surface area contributed by atoms with Crippen molar-refractivity contribution in [2.75, 3.05) is 13.2 Å². The first-order chi connectivity index (χ1) is 15.9. The van der Waals surface area contributed by atoms with Crippen LogP contribution in [0.2, 0.25) is 5.02 Å². The number of carbonyl (C=O) groups is 1. The normalized spacial score (nSPS) is 12.5. The molecule has 0 heterocycles. The Hall–Kier alpha value is -2.57. The van der Waals surface area contributed by atoms with Crippen molar-refractivity contribution in [3.8, 4) is 16.9 Å². The van der Waals surface area contributed by atoms with Crippen molar-refractivity contribution < 1.29 is 19.7 Å². The van der Waals surface area contributed by atoms with E-state index < -0.39 is 12.1 Å². The zero-order chi connectivity index (χ0) is 23.8. The second-order valence-electron chi connectivity index (χ2n) is 8.14. The Morgan fingerprint density at radius 2 is 1.68 bits per heavy atom. The lowest BCUT2D eigenvalue weighted by Gasteiger charge is -2.18. The van der Waals surface area contributed by atoms with Crippen LogP contribution in [-0.2, 0) is 6.42 Å². The van der Waals surface area contributed by atoms with Gasteiger partial charge in [-0.1, -0.05) is 61.0 Å². The van der Waals surface area contributed by atoms with Crippen LogP contribution in [0.5, 0.6) is 5.75 Å². The fourth-order valence-electron chi connectivity index (χ4n) is 3.58. The maximum absolute atomic E-state index is 11.5. The molecule has 0 aliphatic rings. The topological polar surface area (TPSA) is 78.8 Å². The molecule has 0 fully saturated rings. The van der Waals surface area contributed by atoms with E-state index in [9.17, 15) is 15.0 Å². The molecule has 34 heavy (non-hydrogen) atoms. The maximum atomic E-state index is 11.5. The van der Waals surface area contributed by atoms with Crippen LogP contribution in [0.15, 0.2) is 66.7 Å². The lowest BCUT2D eigenvalue weighted by Crippen LogP contribution is -2.32. The average molecular weight is 504 g/mol. The largest absolute Gasteiger partial charge is 0.493 e. The van der Waals surface area contributed by atoms with Crippen molar-refractivity contribution in [2.45, 2.75) is 38.8 Å². The van der Waals surface area contributed by atoms with Gasteiger partial charge in [0.25, 0.3) is 0 Å². The first-order valence-corrected chi connectivity index (χ1v) is 11.5. The van der Waals surface area contributed by atoms with Crippen LogP contribution in [0.25, 0.3) is 11.1 Å². The minimum absolute atomic E-state index is 0. The predicted molar refractivity (Wildman–Crippen MR) is 139 cm³/mol. The molecule has 7 heteroatoms. The number of ether oxygens (including phenoxy) is 1. The van der Waals surface area contributed by atoms with E-state index in [4.69, 9.17) is 16.3 Å². The number of aliphatic hydroxyl groups excluding tert-OH is 1. The molecule has 0 aliphatic heterocycles. The number of carboxylic acids is 1. The van der Waals surface area contributed by atoms with E-state index in [1.807, 2.05) is 31.2 Å². The van der Waals surface area contributed by atoms with Gasteiger partial charge in [0.1, 0.15) is 11.3 Å². The smallest absolute Gasteiger partial charge is 0.339 e. The summed E-state index contributed by atoms with van der Waals surface area (Å²) in [4.78, 5) is 11.5. The third-order valence-electron chi connectivity index (χ3n) is 5.42. The Bertz CT molecular complexity index is 1060. The summed E-state index contributed by atoms with van der Waals surface area (Å²) in [7, 11) is 0. The van der Waals surface area contributed by atoms with Gasteiger partial charge < -0.3 is 20.3 Å². The van der Waals surface area contributed by atoms with Crippen molar-refractivity contribution in [3.63, 3.8) is 0 Å². The summed E-state index contributed by atoms with van der Waals surface area (Å²) in [6, 6.07) is 20.8. The minimum Gasteiger partial charge on any atom is -0.493 e. The van der Waals surface area contributed by atoms with Gasteiger partial charge in [-0.05, 0) is 66.3 Å². The summed E-state index contributed by atoms with van der Waals surface area (Å²) < 4.78 is 5.65. The summed E-state index contributed by atoms with van der Waals surface area (Å²) in [5, 5.41) is 23.8. The standard InChI is InChI=1S/C27H30ClNO4.ClH/c1-3-14-33-26-16-22(10-13-24(26)27(31)32)20-6-4-19(5-7-20)15-18(2)29-17-25(30)21-8-11-23(28)12-9-21;/h4-13,16,18,25,29-30H,3,14-15,17H2,1-2H3,(H,31,32);1H/t18-,25+;/m1./s1. The Balaban J connectivity index is 0.00000408. The molecule has 0 bridgehead atoms. The number of aromatic carboxylic acids is 1. The van der Waals surface area contributed by atoms with Crippen molar-refractivity contribution in [3.05, 3.63) is 88.4 Å². The second-order valence-corrected chi connectivity index (χ2v) is 8.58. The highest BCUT2D eigenvalue weighted by Gasteiger charge is 2.13. The Morgan fingerprint density at radius 1 is 1.03 bits per heavy atom. The fraction of sp³-hybridized carbons (Fsp3) is 0.296. The summed E-state index contributed by atoms with van der Waals surface area (Å²) in [6.07, 6.45) is 1.03. The summed E-state index contributed by atoms with van der Waals surface area (Å²) in [5.41, 5.74) is 4.08. The number of nitrogens with one attached hydrogen (secondary N) is 1. The van der Waals surface area contributed by atoms with E-state index >= 15 is 0 Å². The highest BCUT2D eigenvalue weighted by Crippen LogP contribution is 2.28. The molecule has 0 spiro atoms. The zero-order valence-corrected chi connectivity index (χ0v) is 20.9. The van der Waals surface area contributed by atoms with Gasteiger partial charge in [-0.15, -0.1) is 12.4 Å². The van der Waals surface area contributed by atoms with Crippen LogP contribution in [-0.4, -0.2) is 35.4 Å². The maximum Gasteiger partial charge on any atom is 0.339 e. The molecule has 0 saturated carbocycles. The molecular formula is C27H31Cl2NO4. The van der Waals surface area contributed by atoms with Gasteiger partial charge >= 0.3 is 5.97 Å². The SMILES string of the molecule is CCCOc1cc(-c2ccc(C[C@@H](C)NC[C@H](O)c3ccc(Cl)cc3)cc2)ccc1C(=O)O.Cl. The predicted octanol–water partition coefficient (Wildman–Crippen LogP) is 6.17. The number of carboxylic acid groups (broad SMARTS) is 1. The van der Waals surface area contributed by atoms with Crippen LogP contribution in [0.4, 0.5) is 0 Å². The first-order valence-electron chi connectivity index (χ1n) is 11.1. The van der Waals surface area contributed by atoms with Gasteiger partial charge in [0.05, 0.1) is 12.7 Å². The lowest BCUT2D eigenvalue weighted by atomic mass is 9.99. The molecule has 182 valence electrons. The highest BCUT2D eigenvalue weighted by molar-refractivity contribution is 6.30. The van der Waals surface area contributed by atoms with E-state index in [0.717, 1.165) is 29.5 Å². The molecule has 3 aromatic rings. The monoisotopic (exact) mass is 503 g/mol. The number of rotatable bonds is 11. The molecule has 5 nitrogen and oxygen atoms in total. The van der Waals surface area contributed by atoms with Gasteiger partial charge in [0.15, 0.2) is 0 Å². The number of hydrogen-bond donors (Lipinski definition) is 3. The minimum atomic E-state index is -0.995. The Morgan fingerprint density at radius 3 is 2.29 bits per heavy atom. The van der Waals surface area contributed by atoms with Gasteiger partial charge in [-0.25, -0.2) is 4.79 Å². The molecule has 0 saturated heterocycles. The van der Waals surface area contributed by atoms with Gasteiger partial charge in [0.2, 0.25) is 0 Å². The van der Waals surface area contributed by atoms with Crippen molar-refractivity contribution in [2.24, 2.45) is 0 Å². The van der Waals surface area contributed by atoms with Crippen LogP contribution < -0.4 is 10.1 Å². The quantitative estimate of drug-likeness (QED) is 0.291. The number of halogens is 2. The van der Waals surface area contributed by atoms with Gasteiger partial charge in [0, 0.05) is 17.6 Å². The third-order valence-corrected chi connectivity index (χ3v) is 5.67. The van der Waals surface area contributed by atoms with Gasteiger partial charge in [-0.2, -0.15) is 0 Å². The van der Waals surface area contributed by atoms with Crippen LogP contribution in [0, 0.1) is 0 Å². The molecule has 3 rings (SSSR count). The molecule has 0 unspecified atom stereocenters. The van der Waals surface area contributed by atoms with Crippen molar-refractivity contribution >= 4 is 30.0 Å². The van der Waals surface area contributed by atoms with Crippen molar-refractivity contribution in [1.29, 1.82) is 0 Å². The van der Waals surface area contributed by atoms with Crippen LogP contribution in [0.1, 0.15) is 47.9 Å². The average Bonchev–Trinajstić information content (AvgIpc) is 2.82. The Kier molecular flexibility index (Phi) is 10.9. The molecule has 0 amide bonds. The van der Waals surface area contributed by atoms with Crippen LogP contribution >= 0.6 is 24.0 Å². The third kappa shape index (κ3) is 7.74. The van der Waals surface area contributed by atoms with E-state index in [-0.39, 0.29) is 24.0 Å². The number of hydrogen-bond acceptors (Lipinski definition) is 4. The summed E-state index contributed by atoms with van der Waals surface area (Å²) >= 11 is 5.90. The lowest BCUT2D eigenvalue weighted by molar-refractivity contribution is 0.0692. The van der Waals surface area contributed by atoms with E-state index in [1.54, 1.807) is 30.3 Å². The summed E-state index contributed by atoms with van der Waals surface area (Å²) in [6.45, 7) is 5.00. The van der Waals surface area contributed by atoms with E-state index in [0.29, 0.717) is 23.9 Å². The van der Waals surface area contributed by atoms with Crippen LogP contribution in [0.3, 0.4) is 0 Å². The molecule has 0 aromatic heterocycles. The van der Waals surface area contributed by atoms with Crippen molar-refractivity contribution in [1.82, 2.24) is 5.32 Å². The molecular weight excluding hydrogens is 473 g/mol. The highest BCUT2D eigenvalue weighted by atomic mass is 35.5. The molecule has 3 N–H and O–H groups in total. The molecule has 0 aliphatic carbocycles.